The summed E-state index contributed by atoms with van der Waals surface area (Å²) in [4.78, 5) is 15.4. The Bertz CT molecular complexity index is 313. The monoisotopic (exact) mass is 312 g/mol. The van der Waals surface area contributed by atoms with E-state index < -0.39 is 0 Å². The van der Waals surface area contributed by atoms with E-state index in [1.54, 1.807) is 14.0 Å². The molecule has 0 atom stereocenters. The van der Waals surface area contributed by atoms with Gasteiger partial charge >= 0.3 is 5.97 Å². The summed E-state index contributed by atoms with van der Waals surface area (Å²) >= 11 is 3.51. The fourth-order valence-corrected chi connectivity index (χ4v) is 2.33. The van der Waals surface area contributed by atoms with Gasteiger partial charge in [-0.2, -0.15) is 0 Å². The number of esters is 1. The molecule has 1 rings (SSSR count). The van der Waals surface area contributed by atoms with E-state index in [4.69, 9.17) is 4.74 Å². The summed E-state index contributed by atoms with van der Waals surface area (Å²) in [5.74, 6) is -0.357. The van der Waals surface area contributed by atoms with Crippen LogP contribution >= 0.6 is 33.9 Å². The highest BCUT2D eigenvalue weighted by Gasteiger charge is 2.16. The number of anilines is 1. The van der Waals surface area contributed by atoms with Crippen LogP contribution < -0.4 is 5.32 Å². The van der Waals surface area contributed by atoms with Crippen molar-refractivity contribution >= 4 is 45.0 Å². The van der Waals surface area contributed by atoms with Crippen molar-refractivity contribution in [3.8, 4) is 0 Å². The summed E-state index contributed by atoms with van der Waals surface area (Å²) in [6.07, 6.45) is 0. The minimum absolute atomic E-state index is 0.357. The largest absolute Gasteiger partial charge is 0.461 e. The maximum Gasteiger partial charge on any atom is 0.359 e. The first-order valence-electron chi connectivity index (χ1n) is 3.70. The lowest BCUT2D eigenvalue weighted by molar-refractivity contribution is 0.0519. The van der Waals surface area contributed by atoms with Crippen molar-refractivity contribution in [3.05, 3.63) is 8.58 Å². The van der Waals surface area contributed by atoms with Crippen molar-refractivity contribution < 1.29 is 9.53 Å². The molecule has 0 amide bonds. The molecule has 0 spiro atoms. The van der Waals surface area contributed by atoms with E-state index in [2.05, 4.69) is 32.9 Å². The fraction of sp³-hybridized carbons (Fsp3) is 0.429. The molecule has 1 aromatic heterocycles. The Kier molecular flexibility index (Phi) is 3.91. The number of nitrogens with zero attached hydrogens (tertiary/aromatic N) is 1. The Balaban J connectivity index is 2.87. The molecule has 1 aromatic rings. The zero-order chi connectivity index (χ0) is 9.84. The Labute approximate surface area is 93.8 Å². The highest BCUT2D eigenvalue weighted by Crippen LogP contribution is 2.24. The van der Waals surface area contributed by atoms with Gasteiger partial charge in [-0.1, -0.05) is 11.3 Å². The summed E-state index contributed by atoms with van der Waals surface area (Å²) in [6, 6.07) is 0. The molecule has 0 aliphatic heterocycles. The second kappa shape index (κ2) is 4.75. The Morgan fingerprint density at radius 1 is 1.77 bits per heavy atom. The number of nitrogens with one attached hydrogen (secondary N) is 1. The summed E-state index contributed by atoms with van der Waals surface area (Å²) in [5, 5.41) is 3.61. The van der Waals surface area contributed by atoms with E-state index in [0.717, 1.165) is 8.02 Å². The lowest BCUT2D eigenvalue weighted by Gasteiger charge is -1.97. The number of halogens is 1. The zero-order valence-corrected chi connectivity index (χ0v) is 10.2. The van der Waals surface area contributed by atoms with E-state index in [1.807, 2.05) is 0 Å². The molecule has 0 radical (unpaired) electrons. The molecule has 1 heterocycles. The van der Waals surface area contributed by atoms with Crippen molar-refractivity contribution in [2.45, 2.75) is 6.92 Å². The van der Waals surface area contributed by atoms with Crippen LogP contribution in [0.1, 0.15) is 17.4 Å². The van der Waals surface area contributed by atoms with Crippen molar-refractivity contribution in [2.24, 2.45) is 0 Å². The Hall–Kier alpha value is -0.370. The highest BCUT2D eigenvalue weighted by molar-refractivity contribution is 14.1. The maximum absolute atomic E-state index is 11.3. The Morgan fingerprint density at radius 2 is 2.46 bits per heavy atom. The summed E-state index contributed by atoms with van der Waals surface area (Å²) in [7, 11) is 1.77. The normalized spacial score (nSPS) is 9.77. The van der Waals surface area contributed by atoms with Crippen molar-refractivity contribution in [1.82, 2.24) is 4.98 Å². The third-order valence-electron chi connectivity index (χ3n) is 1.27. The average Bonchev–Trinajstić information content (AvgIpc) is 2.47. The number of carbonyl (C=O) groups is 1. The first kappa shape index (κ1) is 10.7. The molecule has 13 heavy (non-hydrogen) atoms. The van der Waals surface area contributed by atoms with Crippen molar-refractivity contribution in [2.75, 3.05) is 19.0 Å². The standard InChI is InChI=1S/C7H9IN2O2S/c1-3-12-6(11)4-5(8)13-7(9-2)10-4/h3H2,1-2H3,(H,9,10). The predicted molar refractivity (Wildman–Crippen MR) is 60.3 cm³/mol. The molecule has 0 unspecified atom stereocenters. The SMILES string of the molecule is CCOC(=O)c1nc(NC)sc1I. The van der Waals surface area contributed by atoms with Gasteiger partial charge in [-0.25, -0.2) is 9.78 Å². The molecule has 72 valence electrons. The number of thiazole rings is 1. The van der Waals surface area contributed by atoms with Gasteiger partial charge in [0.05, 0.1) is 6.61 Å². The predicted octanol–water partition coefficient (Wildman–Crippen LogP) is 1.97. The van der Waals surface area contributed by atoms with Gasteiger partial charge < -0.3 is 10.1 Å². The van der Waals surface area contributed by atoms with Crippen LogP contribution in [0.2, 0.25) is 0 Å². The van der Waals surface area contributed by atoms with Crippen LogP contribution in [0.25, 0.3) is 0 Å². The molecule has 0 aromatic carbocycles. The first-order valence-corrected chi connectivity index (χ1v) is 5.59. The number of hydrogen-bond acceptors (Lipinski definition) is 5. The molecular formula is C7H9IN2O2S. The van der Waals surface area contributed by atoms with Gasteiger partial charge in [-0.15, -0.1) is 0 Å². The molecule has 4 nitrogen and oxygen atoms in total. The van der Waals surface area contributed by atoms with E-state index in [0.29, 0.717) is 12.3 Å². The molecule has 6 heteroatoms. The van der Waals surface area contributed by atoms with Crippen LogP contribution in [0.4, 0.5) is 5.13 Å². The molecule has 0 aliphatic carbocycles. The Morgan fingerprint density at radius 3 is 2.92 bits per heavy atom. The second-order valence-electron chi connectivity index (χ2n) is 2.11. The lowest BCUT2D eigenvalue weighted by atomic mass is 10.5. The summed E-state index contributed by atoms with van der Waals surface area (Å²) in [6.45, 7) is 2.15. The molecular weight excluding hydrogens is 303 g/mol. The molecule has 0 saturated carbocycles. The highest BCUT2D eigenvalue weighted by atomic mass is 127. The molecule has 0 saturated heterocycles. The van der Waals surface area contributed by atoms with E-state index >= 15 is 0 Å². The first-order chi connectivity index (χ1) is 6.19. The third kappa shape index (κ3) is 2.53. The molecule has 0 bridgehead atoms. The fourth-order valence-electron chi connectivity index (χ4n) is 0.734. The number of hydrogen-bond donors (Lipinski definition) is 1. The smallest absolute Gasteiger partial charge is 0.359 e. The van der Waals surface area contributed by atoms with Gasteiger partial charge in [0, 0.05) is 7.05 Å². The maximum atomic E-state index is 11.3. The van der Waals surface area contributed by atoms with Gasteiger partial charge in [0.2, 0.25) is 0 Å². The average molecular weight is 312 g/mol. The molecule has 1 N–H and O–H groups in total. The van der Waals surface area contributed by atoms with E-state index in [1.165, 1.54) is 11.3 Å². The quantitative estimate of drug-likeness (QED) is 0.685. The minimum Gasteiger partial charge on any atom is -0.461 e. The number of ether oxygens (including phenoxy) is 1. The van der Waals surface area contributed by atoms with Gasteiger partial charge in [0.15, 0.2) is 10.8 Å². The van der Waals surface area contributed by atoms with Crippen LogP contribution in [0.3, 0.4) is 0 Å². The van der Waals surface area contributed by atoms with Crippen molar-refractivity contribution in [1.29, 1.82) is 0 Å². The van der Waals surface area contributed by atoms with E-state index in [9.17, 15) is 4.79 Å². The minimum atomic E-state index is -0.357. The topological polar surface area (TPSA) is 51.2 Å². The van der Waals surface area contributed by atoms with Crippen LogP contribution in [0.15, 0.2) is 0 Å². The van der Waals surface area contributed by atoms with Crippen LogP contribution in [0, 0.1) is 2.88 Å². The second-order valence-corrected chi connectivity index (χ2v) is 4.92. The number of aromatic nitrogens is 1. The lowest BCUT2D eigenvalue weighted by Crippen LogP contribution is -2.06. The van der Waals surface area contributed by atoms with Crippen LogP contribution in [-0.4, -0.2) is 24.6 Å². The molecule has 0 fully saturated rings. The van der Waals surface area contributed by atoms with Gasteiger partial charge in [-0.3, -0.25) is 0 Å². The van der Waals surface area contributed by atoms with Crippen molar-refractivity contribution in [3.63, 3.8) is 0 Å². The van der Waals surface area contributed by atoms with Crippen LogP contribution in [0.5, 0.6) is 0 Å². The van der Waals surface area contributed by atoms with Gasteiger partial charge in [0.25, 0.3) is 0 Å². The molecule has 0 aliphatic rings. The third-order valence-corrected chi connectivity index (χ3v) is 3.30. The number of rotatable bonds is 3. The summed E-state index contributed by atoms with van der Waals surface area (Å²) in [5.41, 5.74) is 0.400. The van der Waals surface area contributed by atoms with E-state index in [-0.39, 0.29) is 5.97 Å². The summed E-state index contributed by atoms with van der Waals surface area (Å²) < 4.78 is 5.69. The van der Waals surface area contributed by atoms with Gasteiger partial charge in [-0.05, 0) is 29.5 Å². The van der Waals surface area contributed by atoms with Gasteiger partial charge in [0.1, 0.15) is 2.88 Å². The number of carbonyl (C=O) groups excluding carboxylic acids is 1. The zero-order valence-electron chi connectivity index (χ0n) is 7.26. The van der Waals surface area contributed by atoms with Crippen LogP contribution in [-0.2, 0) is 4.74 Å².